The third-order valence-electron chi connectivity index (χ3n) is 4.47. The maximum absolute atomic E-state index is 13.4. The van der Waals surface area contributed by atoms with Gasteiger partial charge < -0.3 is 5.11 Å². The van der Waals surface area contributed by atoms with Crippen molar-refractivity contribution in [3.63, 3.8) is 0 Å². The second kappa shape index (κ2) is 7.03. The Labute approximate surface area is 159 Å². The van der Waals surface area contributed by atoms with Crippen LogP contribution in [0.25, 0.3) is 5.76 Å². The van der Waals surface area contributed by atoms with E-state index in [0.29, 0.717) is 16.9 Å². The van der Waals surface area contributed by atoms with Gasteiger partial charge in [0, 0.05) is 29.8 Å². The van der Waals surface area contributed by atoms with Gasteiger partial charge in [-0.25, -0.2) is 4.39 Å². The third kappa shape index (κ3) is 2.92. The fourth-order valence-electron chi connectivity index (χ4n) is 3.18. The van der Waals surface area contributed by atoms with E-state index in [0.717, 1.165) is 0 Å². The van der Waals surface area contributed by atoms with Crippen LogP contribution in [-0.2, 0) is 9.59 Å². The number of aromatic nitrogens is 2. The molecule has 3 aromatic rings. The smallest absolute Gasteiger partial charge is 0.300 e. The lowest BCUT2D eigenvalue weighted by Gasteiger charge is -2.24. The summed E-state index contributed by atoms with van der Waals surface area (Å²) in [4.78, 5) is 35.0. The summed E-state index contributed by atoms with van der Waals surface area (Å²) < 4.78 is 13.4. The van der Waals surface area contributed by atoms with Crippen LogP contribution in [0.1, 0.15) is 17.3 Å². The fraction of sp³-hybridized carbons (Fsp3) is 0.0476. The average Bonchev–Trinajstić information content (AvgIpc) is 3.00. The predicted molar refractivity (Wildman–Crippen MR) is 99.7 cm³/mol. The van der Waals surface area contributed by atoms with Gasteiger partial charge in [-0.1, -0.05) is 6.07 Å². The van der Waals surface area contributed by atoms with Crippen LogP contribution < -0.4 is 4.90 Å². The summed E-state index contributed by atoms with van der Waals surface area (Å²) in [5.41, 5.74) is 1.00. The molecule has 0 bridgehead atoms. The molecule has 7 heteroatoms. The first-order valence-corrected chi connectivity index (χ1v) is 8.46. The van der Waals surface area contributed by atoms with E-state index in [1.54, 1.807) is 18.2 Å². The van der Waals surface area contributed by atoms with Gasteiger partial charge in [-0.2, -0.15) is 0 Å². The van der Waals surface area contributed by atoms with Gasteiger partial charge in [0.25, 0.3) is 11.7 Å². The second-order valence-corrected chi connectivity index (χ2v) is 6.14. The Kier molecular flexibility index (Phi) is 4.41. The van der Waals surface area contributed by atoms with Crippen LogP contribution in [0.15, 0.2) is 78.8 Å². The van der Waals surface area contributed by atoms with Crippen molar-refractivity contribution in [1.82, 2.24) is 9.97 Å². The van der Waals surface area contributed by atoms with Crippen LogP contribution in [0, 0.1) is 5.82 Å². The first-order valence-electron chi connectivity index (χ1n) is 8.46. The molecule has 1 aromatic carbocycles. The van der Waals surface area contributed by atoms with Crippen molar-refractivity contribution in [2.45, 2.75) is 6.04 Å². The number of hydrogen-bond acceptors (Lipinski definition) is 5. The Balaban J connectivity index is 1.94. The number of pyridine rings is 2. The molecule has 1 fully saturated rings. The van der Waals surface area contributed by atoms with Crippen LogP contribution in [0.2, 0.25) is 0 Å². The molecule has 4 rings (SSSR count). The van der Waals surface area contributed by atoms with E-state index in [9.17, 15) is 19.1 Å². The quantitative estimate of drug-likeness (QED) is 0.432. The molecule has 3 heterocycles. The highest BCUT2D eigenvalue weighted by atomic mass is 19.1. The summed E-state index contributed by atoms with van der Waals surface area (Å²) in [6.07, 6.45) is 4.48. The molecule has 1 saturated heterocycles. The van der Waals surface area contributed by atoms with Crippen LogP contribution in [0.3, 0.4) is 0 Å². The number of aliphatic hydroxyl groups excluding tert-OH is 1. The van der Waals surface area contributed by atoms with Crippen molar-refractivity contribution in [3.8, 4) is 0 Å². The minimum absolute atomic E-state index is 0.0841. The molecule has 1 N–H and O–H groups in total. The van der Waals surface area contributed by atoms with Crippen molar-refractivity contribution in [1.29, 1.82) is 0 Å². The summed E-state index contributed by atoms with van der Waals surface area (Å²) in [6, 6.07) is 12.4. The lowest BCUT2D eigenvalue weighted by molar-refractivity contribution is -0.132. The number of anilines is 1. The summed E-state index contributed by atoms with van der Waals surface area (Å²) in [5.74, 6) is -2.44. The number of halogens is 1. The Morgan fingerprint density at radius 1 is 0.964 bits per heavy atom. The van der Waals surface area contributed by atoms with E-state index in [1.807, 2.05) is 0 Å². The number of benzene rings is 1. The van der Waals surface area contributed by atoms with Gasteiger partial charge in [0.05, 0.1) is 11.3 Å². The summed E-state index contributed by atoms with van der Waals surface area (Å²) in [6.45, 7) is 0. The van der Waals surface area contributed by atoms with Gasteiger partial charge in [0.15, 0.2) is 0 Å². The summed E-state index contributed by atoms with van der Waals surface area (Å²) in [5, 5.41) is 10.8. The molecule has 1 aliphatic rings. The normalized spacial score (nSPS) is 18.5. The van der Waals surface area contributed by atoms with Crippen LogP contribution in [-0.4, -0.2) is 26.8 Å². The Morgan fingerprint density at radius 3 is 2.32 bits per heavy atom. The van der Waals surface area contributed by atoms with E-state index < -0.39 is 23.5 Å². The van der Waals surface area contributed by atoms with Gasteiger partial charge in [-0.15, -0.1) is 0 Å². The zero-order chi connectivity index (χ0) is 19.7. The number of rotatable bonds is 3. The lowest BCUT2D eigenvalue weighted by Crippen LogP contribution is -2.29. The van der Waals surface area contributed by atoms with Gasteiger partial charge in [-0.3, -0.25) is 24.5 Å². The highest BCUT2D eigenvalue weighted by Crippen LogP contribution is 2.41. The molecule has 28 heavy (non-hydrogen) atoms. The standard InChI is InChI=1S/C21H14FN3O3/c22-14-4-6-15(7-5-14)25-18(16-3-1-2-10-24-16)17(20(27)21(25)28)19(26)13-8-11-23-12-9-13/h1-12,18,26H/b19-17-. The van der Waals surface area contributed by atoms with E-state index in [2.05, 4.69) is 9.97 Å². The highest BCUT2D eigenvalue weighted by molar-refractivity contribution is 6.51. The molecule has 0 radical (unpaired) electrons. The summed E-state index contributed by atoms with van der Waals surface area (Å²) in [7, 11) is 0. The average molecular weight is 375 g/mol. The number of carbonyl (C=O) groups excluding carboxylic acids is 2. The van der Waals surface area contributed by atoms with Gasteiger partial charge >= 0.3 is 0 Å². The number of aliphatic hydroxyl groups is 1. The van der Waals surface area contributed by atoms with E-state index in [1.165, 1.54) is 59.9 Å². The molecule has 138 valence electrons. The van der Waals surface area contributed by atoms with Crippen LogP contribution in [0.4, 0.5) is 10.1 Å². The SMILES string of the molecule is O=C1C(=O)N(c2ccc(F)cc2)C(c2ccccn2)/C1=C(/O)c1ccncc1. The number of amides is 1. The number of nitrogens with zero attached hydrogens (tertiary/aromatic N) is 3. The molecule has 0 aliphatic carbocycles. The van der Waals surface area contributed by atoms with E-state index in [4.69, 9.17) is 0 Å². The maximum atomic E-state index is 13.4. The minimum Gasteiger partial charge on any atom is -0.507 e. The Hall–Kier alpha value is -3.87. The van der Waals surface area contributed by atoms with Crippen molar-refractivity contribution >= 4 is 23.1 Å². The zero-order valence-corrected chi connectivity index (χ0v) is 14.5. The first kappa shape index (κ1) is 17.5. The Bertz CT molecular complexity index is 1070. The molecule has 0 saturated carbocycles. The molecular weight excluding hydrogens is 361 g/mol. The van der Waals surface area contributed by atoms with Crippen molar-refractivity contribution in [3.05, 3.63) is 95.8 Å². The molecule has 1 unspecified atom stereocenters. The molecular formula is C21H14FN3O3. The molecule has 2 aromatic heterocycles. The second-order valence-electron chi connectivity index (χ2n) is 6.14. The fourth-order valence-corrected chi connectivity index (χ4v) is 3.18. The van der Waals surface area contributed by atoms with Crippen molar-refractivity contribution < 1.29 is 19.1 Å². The van der Waals surface area contributed by atoms with Crippen LogP contribution >= 0.6 is 0 Å². The molecule has 1 aliphatic heterocycles. The third-order valence-corrected chi connectivity index (χ3v) is 4.47. The molecule has 1 atom stereocenters. The van der Waals surface area contributed by atoms with Gasteiger partial charge in [0.2, 0.25) is 0 Å². The maximum Gasteiger partial charge on any atom is 0.300 e. The predicted octanol–water partition coefficient (Wildman–Crippen LogP) is 3.24. The largest absolute Gasteiger partial charge is 0.507 e. The summed E-state index contributed by atoms with van der Waals surface area (Å²) >= 11 is 0. The number of carbonyl (C=O) groups is 2. The van der Waals surface area contributed by atoms with Gasteiger partial charge in [-0.05, 0) is 48.5 Å². The topological polar surface area (TPSA) is 83.4 Å². The van der Waals surface area contributed by atoms with E-state index in [-0.39, 0.29) is 11.3 Å². The minimum atomic E-state index is -0.945. The van der Waals surface area contributed by atoms with Gasteiger partial charge in [0.1, 0.15) is 17.6 Å². The first-order chi connectivity index (χ1) is 13.6. The van der Waals surface area contributed by atoms with E-state index >= 15 is 0 Å². The van der Waals surface area contributed by atoms with Crippen LogP contribution in [0.5, 0.6) is 0 Å². The van der Waals surface area contributed by atoms with Crippen molar-refractivity contribution in [2.75, 3.05) is 4.90 Å². The monoisotopic (exact) mass is 375 g/mol. The molecule has 1 amide bonds. The Morgan fingerprint density at radius 2 is 1.68 bits per heavy atom. The van der Waals surface area contributed by atoms with Crippen molar-refractivity contribution in [2.24, 2.45) is 0 Å². The lowest BCUT2D eigenvalue weighted by atomic mass is 9.98. The zero-order valence-electron chi connectivity index (χ0n) is 14.5. The molecule has 0 spiro atoms. The number of Topliss-reactive ketones (excluding diaryl/α,β-unsaturated/α-hetero) is 1. The molecule has 6 nitrogen and oxygen atoms in total. The number of hydrogen-bond donors (Lipinski definition) is 1. The number of ketones is 1. The highest BCUT2D eigenvalue weighted by Gasteiger charge is 2.47.